The predicted molar refractivity (Wildman–Crippen MR) is 87.6 cm³/mol. The van der Waals surface area contributed by atoms with Crippen LogP contribution in [-0.4, -0.2) is 26.2 Å². The van der Waals surface area contributed by atoms with Crippen LogP contribution in [0.15, 0.2) is 60.7 Å². The minimum Gasteiger partial charge on any atom is -0.314 e. The quantitative estimate of drug-likeness (QED) is 0.816. The molecule has 1 saturated heterocycles. The maximum atomic E-state index is 3.22. The molecular formula is C18H22N2. The topological polar surface area (TPSA) is 24.1 Å². The maximum absolute atomic E-state index is 3.22. The third-order valence-corrected chi connectivity index (χ3v) is 3.02. The SMILES string of the molecule is C(=C\c1ccccc1)/c1ccccc1.C1CNCCN1. The molecule has 0 bridgehead atoms. The van der Waals surface area contributed by atoms with Gasteiger partial charge in [-0.05, 0) is 11.1 Å². The van der Waals surface area contributed by atoms with Crippen LogP contribution in [0, 0.1) is 0 Å². The highest BCUT2D eigenvalue weighted by molar-refractivity contribution is 5.69. The van der Waals surface area contributed by atoms with Gasteiger partial charge in [-0.25, -0.2) is 0 Å². The van der Waals surface area contributed by atoms with Crippen molar-refractivity contribution in [1.29, 1.82) is 0 Å². The zero-order valence-electron chi connectivity index (χ0n) is 11.8. The summed E-state index contributed by atoms with van der Waals surface area (Å²) in [6.45, 7) is 4.56. The van der Waals surface area contributed by atoms with Crippen molar-refractivity contribution in [3.63, 3.8) is 0 Å². The van der Waals surface area contributed by atoms with E-state index in [1.165, 1.54) is 11.1 Å². The third kappa shape index (κ3) is 5.83. The van der Waals surface area contributed by atoms with E-state index in [4.69, 9.17) is 0 Å². The molecule has 2 nitrogen and oxygen atoms in total. The third-order valence-electron chi connectivity index (χ3n) is 3.02. The smallest absolute Gasteiger partial charge is 0.00772 e. The summed E-state index contributed by atoms with van der Waals surface area (Å²) in [4.78, 5) is 0. The average molecular weight is 266 g/mol. The Morgan fingerprint density at radius 2 is 0.900 bits per heavy atom. The van der Waals surface area contributed by atoms with E-state index in [9.17, 15) is 0 Å². The highest BCUT2D eigenvalue weighted by Crippen LogP contribution is 2.06. The van der Waals surface area contributed by atoms with Crippen molar-refractivity contribution in [3.8, 4) is 0 Å². The molecule has 0 spiro atoms. The van der Waals surface area contributed by atoms with Crippen LogP contribution >= 0.6 is 0 Å². The number of benzene rings is 2. The van der Waals surface area contributed by atoms with E-state index in [0.29, 0.717) is 0 Å². The second-order valence-corrected chi connectivity index (χ2v) is 4.65. The summed E-state index contributed by atoms with van der Waals surface area (Å²) in [7, 11) is 0. The molecule has 1 aliphatic rings. The van der Waals surface area contributed by atoms with Gasteiger partial charge in [-0.15, -0.1) is 0 Å². The maximum Gasteiger partial charge on any atom is 0.00772 e. The molecule has 3 rings (SSSR count). The molecule has 2 heteroatoms. The van der Waals surface area contributed by atoms with Crippen LogP contribution in [0.25, 0.3) is 12.2 Å². The van der Waals surface area contributed by atoms with Crippen molar-refractivity contribution >= 4 is 12.2 Å². The fourth-order valence-electron chi connectivity index (χ4n) is 1.92. The van der Waals surface area contributed by atoms with Gasteiger partial charge in [0.1, 0.15) is 0 Å². The van der Waals surface area contributed by atoms with Gasteiger partial charge in [0.2, 0.25) is 0 Å². The Labute approximate surface area is 121 Å². The molecule has 2 aromatic carbocycles. The summed E-state index contributed by atoms with van der Waals surface area (Å²) in [5.74, 6) is 0. The van der Waals surface area contributed by atoms with Gasteiger partial charge in [0.15, 0.2) is 0 Å². The molecule has 20 heavy (non-hydrogen) atoms. The van der Waals surface area contributed by atoms with E-state index >= 15 is 0 Å². The first kappa shape index (κ1) is 14.5. The largest absolute Gasteiger partial charge is 0.314 e. The molecule has 0 aliphatic carbocycles. The van der Waals surface area contributed by atoms with Crippen molar-refractivity contribution in [2.45, 2.75) is 0 Å². The number of nitrogens with one attached hydrogen (secondary N) is 2. The molecule has 0 atom stereocenters. The van der Waals surface area contributed by atoms with Crippen LogP contribution in [0.1, 0.15) is 11.1 Å². The first-order valence-corrected chi connectivity index (χ1v) is 7.15. The van der Waals surface area contributed by atoms with Crippen molar-refractivity contribution in [2.24, 2.45) is 0 Å². The second kappa shape index (κ2) is 9.08. The van der Waals surface area contributed by atoms with E-state index in [-0.39, 0.29) is 0 Å². The second-order valence-electron chi connectivity index (χ2n) is 4.65. The molecule has 1 fully saturated rings. The number of hydrogen-bond acceptors (Lipinski definition) is 2. The highest BCUT2D eigenvalue weighted by atomic mass is 15.0. The Morgan fingerprint density at radius 3 is 1.20 bits per heavy atom. The summed E-state index contributed by atoms with van der Waals surface area (Å²) >= 11 is 0. The molecule has 0 unspecified atom stereocenters. The van der Waals surface area contributed by atoms with Crippen LogP contribution in [0.4, 0.5) is 0 Å². The van der Waals surface area contributed by atoms with Gasteiger partial charge in [-0.1, -0.05) is 72.8 Å². The first-order valence-electron chi connectivity index (χ1n) is 7.15. The molecular weight excluding hydrogens is 244 g/mol. The lowest BCUT2D eigenvalue weighted by molar-refractivity contribution is 0.534. The fraction of sp³-hybridized carbons (Fsp3) is 0.222. The van der Waals surface area contributed by atoms with Gasteiger partial charge in [0.05, 0.1) is 0 Å². The molecule has 0 radical (unpaired) electrons. The minimum atomic E-state index is 1.14. The molecule has 1 heterocycles. The van der Waals surface area contributed by atoms with Crippen LogP contribution in [0.5, 0.6) is 0 Å². The summed E-state index contributed by atoms with van der Waals surface area (Å²) in [6, 6.07) is 20.6. The van der Waals surface area contributed by atoms with E-state index in [2.05, 4.69) is 47.1 Å². The number of hydrogen-bond donors (Lipinski definition) is 2. The van der Waals surface area contributed by atoms with Gasteiger partial charge < -0.3 is 10.6 Å². The first-order chi connectivity index (χ1) is 9.95. The summed E-state index contributed by atoms with van der Waals surface area (Å²) in [5.41, 5.74) is 2.47. The van der Waals surface area contributed by atoms with Gasteiger partial charge in [0, 0.05) is 26.2 Å². The lowest BCUT2D eigenvalue weighted by Crippen LogP contribution is -2.39. The van der Waals surface area contributed by atoms with Gasteiger partial charge in [-0.2, -0.15) is 0 Å². The van der Waals surface area contributed by atoms with E-state index in [1.54, 1.807) is 0 Å². The Morgan fingerprint density at radius 1 is 0.550 bits per heavy atom. The molecule has 0 saturated carbocycles. The zero-order valence-corrected chi connectivity index (χ0v) is 11.8. The Hall–Kier alpha value is -1.90. The fourth-order valence-corrected chi connectivity index (χ4v) is 1.92. The van der Waals surface area contributed by atoms with E-state index in [0.717, 1.165) is 26.2 Å². The Bertz CT molecular complexity index is 434. The average Bonchev–Trinajstić information content (AvgIpc) is 2.57. The molecule has 1 aliphatic heterocycles. The Kier molecular flexibility index (Phi) is 6.58. The van der Waals surface area contributed by atoms with Crippen molar-refractivity contribution in [1.82, 2.24) is 10.6 Å². The lowest BCUT2D eigenvalue weighted by Gasteiger charge is -2.11. The van der Waals surface area contributed by atoms with E-state index in [1.807, 2.05) is 36.4 Å². The molecule has 104 valence electrons. The summed E-state index contributed by atoms with van der Waals surface area (Å²) in [6.07, 6.45) is 4.24. The normalized spacial score (nSPS) is 14.6. The number of piperazine rings is 1. The Balaban J connectivity index is 0.000000205. The number of rotatable bonds is 2. The zero-order chi connectivity index (χ0) is 13.9. The van der Waals surface area contributed by atoms with Crippen molar-refractivity contribution in [2.75, 3.05) is 26.2 Å². The monoisotopic (exact) mass is 266 g/mol. The predicted octanol–water partition coefficient (Wildman–Crippen LogP) is 3.04. The van der Waals surface area contributed by atoms with Gasteiger partial charge in [0.25, 0.3) is 0 Å². The van der Waals surface area contributed by atoms with Crippen LogP contribution in [0.2, 0.25) is 0 Å². The lowest BCUT2D eigenvalue weighted by atomic mass is 10.1. The van der Waals surface area contributed by atoms with Gasteiger partial charge >= 0.3 is 0 Å². The minimum absolute atomic E-state index is 1.14. The van der Waals surface area contributed by atoms with E-state index < -0.39 is 0 Å². The van der Waals surface area contributed by atoms with Crippen LogP contribution < -0.4 is 10.6 Å². The van der Waals surface area contributed by atoms with Crippen LogP contribution in [0.3, 0.4) is 0 Å². The van der Waals surface area contributed by atoms with Crippen LogP contribution in [-0.2, 0) is 0 Å². The van der Waals surface area contributed by atoms with Crippen molar-refractivity contribution in [3.05, 3.63) is 71.8 Å². The molecule has 2 N–H and O–H groups in total. The molecule has 0 aromatic heterocycles. The highest BCUT2D eigenvalue weighted by Gasteiger charge is 1.91. The van der Waals surface area contributed by atoms with Gasteiger partial charge in [-0.3, -0.25) is 0 Å². The van der Waals surface area contributed by atoms with Crippen molar-refractivity contribution < 1.29 is 0 Å². The standard InChI is InChI=1S/C14H12.C4H10N2/c1-3-7-13(8-4-1)11-12-14-9-5-2-6-10-14;1-2-6-4-3-5-1/h1-12H;5-6H,1-4H2/b12-11+;. The summed E-state index contributed by atoms with van der Waals surface area (Å²) < 4.78 is 0. The summed E-state index contributed by atoms with van der Waals surface area (Å²) in [5, 5.41) is 6.44. The molecule has 2 aromatic rings. The molecule has 0 amide bonds.